The SMILES string of the molecule is CC(N)Cc1ccccc1S(=O)c1ccccc1.O=C(O)/C=C\C(=O)O. The maximum Gasteiger partial charge on any atom is 0.328 e. The lowest BCUT2D eigenvalue weighted by atomic mass is 10.1. The lowest BCUT2D eigenvalue weighted by Crippen LogP contribution is -2.18. The Kier molecular flexibility index (Phi) is 8.97. The van der Waals surface area contributed by atoms with Crippen molar-refractivity contribution in [3.63, 3.8) is 0 Å². The molecule has 0 heterocycles. The fourth-order valence-electron chi connectivity index (χ4n) is 2.01. The molecule has 0 saturated heterocycles. The van der Waals surface area contributed by atoms with Crippen molar-refractivity contribution >= 4 is 22.7 Å². The third-order valence-corrected chi connectivity index (χ3v) is 4.54. The number of hydrogen-bond acceptors (Lipinski definition) is 4. The van der Waals surface area contributed by atoms with Crippen molar-refractivity contribution in [2.75, 3.05) is 0 Å². The van der Waals surface area contributed by atoms with Crippen molar-refractivity contribution < 1.29 is 24.0 Å². The molecule has 6 nitrogen and oxygen atoms in total. The molecular formula is C19H21NO5S. The van der Waals surface area contributed by atoms with E-state index in [-0.39, 0.29) is 6.04 Å². The van der Waals surface area contributed by atoms with E-state index in [2.05, 4.69) is 0 Å². The first-order chi connectivity index (χ1) is 12.3. The van der Waals surface area contributed by atoms with Gasteiger partial charge in [0.15, 0.2) is 0 Å². The monoisotopic (exact) mass is 375 g/mol. The van der Waals surface area contributed by atoms with Crippen LogP contribution in [0.4, 0.5) is 0 Å². The van der Waals surface area contributed by atoms with Crippen molar-refractivity contribution in [2.45, 2.75) is 29.2 Å². The van der Waals surface area contributed by atoms with Crippen molar-refractivity contribution in [2.24, 2.45) is 5.73 Å². The van der Waals surface area contributed by atoms with Gasteiger partial charge in [0, 0.05) is 28.0 Å². The molecule has 0 aliphatic rings. The number of hydrogen-bond donors (Lipinski definition) is 3. The molecule has 4 N–H and O–H groups in total. The van der Waals surface area contributed by atoms with Crippen molar-refractivity contribution in [3.8, 4) is 0 Å². The van der Waals surface area contributed by atoms with Crippen LogP contribution in [-0.4, -0.2) is 32.4 Å². The minimum absolute atomic E-state index is 0.0684. The molecule has 0 aliphatic carbocycles. The zero-order valence-corrected chi connectivity index (χ0v) is 15.1. The van der Waals surface area contributed by atoms with Gasteiger partial charge in [0.25, 0.3) is 0 Å². The first-order valence-corrected chi connectivity index (χ1v) is 8.90. The highest BCUT2D eigenvalue weighted by molar-refractivity contribution is 7.85. The maximum absolute atomic E-state index is 12.5. The van der Waals surface area contributed by atoms with Gasteiger partial charge < -0.3 is 15.9 Å². The molecule has 0 fully saturated rings. The summed E-state index contributed by atoms with van der Waals surface area (Å²) in [6.45, 7) is 1.96. The van der Waals surface area contributed by atoms with E-state index < -0.39 is 22.7 Å². The first-order valence-electron chi connectivity index (χ1n) is 7.75. The molecule has 0 amide bonds. The minimum Gasteiger partial charge on any atom is -0.478 e. The average Bonchev–Trinajstić information content (AvgIpc) is 2.61. The number of aliphatic carboxylic acids is 2. The van der Waals surface area contributed by atoms with E-state index in [1.54, 1.807) is 0 Å². The van der Waals surface area contributed by atoms with Crippen LogP contribution in [0.25, 0.3) is 0 Å². The van der Waals surface area contributed by atoms with Crippen LogP contribution in [0.3, 0.4) is 0 Å². The number of benzene rings is 2. The van der Waals surface area contributed by atoms with Crippen molar-refractivity contribution in [3.05, 3.63) is 72.3 Å². The summed E-state index contributed by atoms with van der Waals surface area (Å²) in [5, 5.41) is 15.6. The summed E-state index contributed by atoms with van der Waals surface area (Å²) in [6.07, 6.45) is 1.86. The molecule has 2 aromatic carbocycles. The van der Waals surface area contributed by atoms with Crippen LogP contribution in [0, 0.1) is 0 Å². The first kappa shape index (κ1) is 21.3. The summed E-state index contributed by atoms with van der Waals surface area (Å²) < 4.78 is 12.5. The molecule has 26 heavy (non-hydrogen) atoms. The fourth-order valence-corrected chi connectivity index (χ4v) is 3.26. The number of carboxylic acids is 2. The van der Waals surface area contributed by atoms with Crippen LogP contribution in [0.5, 0.6) is 0 Å². The Hall–Kier alpha value is -2.77. The van der Waals surface area contributed by atoms with Crippen LogP contribution in [-0.2, 0) is 26.8 Å². The highest BCUT2D eigenvalue weighted by Gasteiger charge is 2.12. The summed E-state index contributed by atoms with van der Waals surface area (Å²) in [7, 11) is -1.13. The molecule has 0 saturated carbocycles. The van der Waals surface area contributed by atoms with E-state index >= 15 is 0 Å². The molecule has 0 bridgehead atoms. The van der Waals surface area contributed by atoms with Crippen LogP contribution in [0.2, 0.25) is 0 Å². The Morgan fingerprint density at radius 1 is 1.00 bits per heavy atom. The quantitative estimate of drug-likeness (QED) is 0.668. The molecule has 0 aliphatic heterocycles. The predicted molar refractivity (Wildman–Crippen MR) is 99.3 cm³/mol. The van der Waals surface area contributed by atoms with Gasteiger partial charge in [0.2, 0.25) is 0 Å². The molecule has 138 valence electrons. The molecule has 0 spiro atoms. The van der Waals surface area contributed by atoms with Gasteiger partial charge in [-0.2, -0.15) is 0 Å². The number of carboxylic acid groups (broad SMARTS) is 2. The fraction of sp³-hybridized carbons (Fsp3) is 0.158. The second kappa shape index (κ2) is 11.0. The third-order valence-electron chi connectivity index (χ3n) is 3.04. The van der Waals surface area contributed by atoms with Crippen LogP contribution in [0.1, 0.15) is 12.5 Å². The standard InChI is InChI=1S/C15H17NOS.C4H4O4/c1-12(16)11-13-7-5-6-10-15(13)18(17)14-8-3-2-4-9-14;5-3(6)1-2-4(7)8/h2-10,12H,11,16H2,1H3;1-2H,(H,5,6)(H,7,8)/b;2-1-. The molecule has 2 unspecified atom stereocenters. The van der Waals surface area contributed by atoms with E-state index in [0.717, 1.165) is 21.8 Å². The Balaban J connectivity index is 0.000000359. The van der Waals surface area contributed by atoms with Crippen LogP contribution in [0.15, 0.2) is 76.5 Å². The molecule has 2 rings (SSSR count). The summed E-state index contributed by atoms with van der Waals surface area (Å²) in [4.78, 5) is 20.8. The van der Waals surface area contributed by atoms with Gasteiger partial charge in [-0.1, -0.05) is 36.4 Å². The summed E-state index contributed by atoms with van der Waals surface area (Å²) >= 11 is 0. The van der Waals surface area contributed by atoms with Crippen molar-refractivity contribution in [1.29, 1.82) is 0 Å². The number of nitrogens with two attached hydrogens (primary N) is 1. The largest absolute Gasteiger partial charge is 0.478 e. The zero-order chi connectivity index (χ0) is 19.5. The van der Waals surface area contributed by atoms with Gasteiger partial charge in [-0.25, -0.2) is 13.8 Å². The Labute approximate surface area is 154 Å². The Morgan fingerprint density at radius 3 is 2.00 bits per heavy atom. The lowest BCUT2D eigenvalue weighted by molar-refractivity contribution is -0.134. The molecule has 2 atom stereocenters. The summed E-state index contributed by atoms with van der Waals surface area (Å²) in [5.41, 5.74) is 6.90. The Morgan fingerprint density at radius 2 is 1.50 bits per heavy atom. The van der Waals surface area contributed by atoms with Crippen LogP contribution < -0.4 is 5.73 Å². The van der Waals surface area contributed by atoms with Gasteiger partial charge in [-0.05, 0) is 37.1 Å². The van der Waals surface area contributed by atoms with E-state index in [9.17, 15) is 13.8 Å². The van der Waals surface area contributed by atoms with Gasteiger partial charge in [0.1, 0.15) is 0 Å². The van der Waals surface area contributed by atoms with Crippen LogP contribution >= 0.6 is 0 Å². The highest BCUT2D eigenvalue weighted by atomic mass is 32.2. The molecule has 0 aromatic heterocycles. The molecule has 7 heteroatoms. The number of rotatable bonds is 6. The van der Waals surface area contributed by atoms with Gasteiger partial charge in [-0.3, -0.25) is 0 Å². The van der Waals surface area contributed by atoms with Gasteiger partial charge >= 0.3 is 11.9 Å². The summed E-state index contributed by atoms with van der Waals surface area (Å²) in [5.74, 6) is -2.51. The van der Waals surface area contributed by atoms with E-state index in [1.165, 1.54) is 0 Å². The second-order valence-corrected chi connectivity index (χ2v) is 6.83. The minimum atomic E-state index is -1.26. The summed E-state index contributed by atoms with van der Waals surface area (Å²) in [6, 6.07) is 17.4. The zero-order valence-electron chi connectivity index (χ0n) is 14.2. The van der Waals surface area contributed by atoms with E-state index in [0.29, 0.717) is 12.2 Å². The normalized spacial score (nSPS) is 12.7. The molecule has 2 aromatic rings. The molecular weight excluding hydrogens is 354 g/mol. The van der Waals surface area contributed by atoms with Gasteiger partial charge in [0.05, 0.1) is 10.8 Å². The number of carbonyl (C=O) groups is 2. The smallest absolute Gasteiger partial charge is 0.328 e. The Bertz CT molecular complexity index is 772. The topological polar surface area (TPSA) is 118 Å². The van der Waals surface area contributed by atoms with E-state index in [1.807, 2.05) is 61.5 Å². The average molecular weight is 375 g/mol. The highest BCUT2D eigenvalue weighted by Crippen LogP contribution is 2.20. The van der Waals surface area contributed by atoms with E-state index in [4.69, 9.17) is 15.9 Å². The van der Waals surface area contributed by atoms with Crippen molar-refractivity contribution in [1.82, 2.24) is 0 Å². The third kappa shape index (κ3) is 7.87. The molecule has 0 radical (unpaired) electrons. The predicted octanol–water partition coefficient (Wildman–Crippen LogP) is 2.45. The second-order valence-electron chi connectivity index (χ2n) is 5.38. The lowest BCUT2D eigenvalue weighted by Gasteiger charge is -2.11. The van der Waals surface area contributed by atoms with Gasteiger partial charge in [-0.15, -0.1) is 0 Å². The maximum atomic E-state index is 12.5.